The zero-order valence-corrected chi connectivity index (χ0v) is 17.4. The van der Waals surface area contributed by atoms with Gasteiger partial charge in [0.15, 0.2) is 0 Å². The fourth-order valence-electron chi connectivity index (χ4n) is 4.25. The van der Waals surface area contributed by atoms with Gasteiger partial charge in [0, 0.05) is 43.6 Å². The monoisotopic (exact) mass is 388 g/mol. The Morgan fingerprint density at radius 1 is 1.00 bits per heavy atom. The second kappa shape index (κ2) is 7.82. The number of benzene rings is 2. The number of hydrogen-bond acceptors (Lipinski definition) is 4. The van der Waals surface area contributed by atoms with Gasteiger partial charge in [-0.3, -0.25) is 9.79 Å². The number of carbonyl (C=O) groups excluding carboxylic acids is 1. The number of rotatable bonds is 4. The minimum Gasteiger partial charge on any atom is -0.368 e. The lowest BCUT2D eigenvalue weighted by Gasteiger charge is -2.36. The average Bonchev–Trinajstić information content (AvgIpc) is 3.23. The number of amides is 1. The Morgan fingerprint density at radius 3 is 2.21 bits per heavy atom. The average molecular weight is 389 g/mol. The standard InChI is InChI=1S/C24H28N4O/c1-4-24(16-25-17-26-24)21-7-5-20(6-8-21)23(29)28-11-9-27(10-12-28)22-14-18(2)13-19(3)15-22/h5-8,13-17H,4,9-12H2,1-3H3. The van der Waals surface area contributed by atoms with Gasteiger partial charge in [-0.25, -0.2) is 4.99 Å². The summed E-state index contributed by atoms with van der Waals surface area (Å²) in [6.07, 6.45) is 4.34. The minimum atomic E-state index is -0.376. The maximum absolute atomic E-state index is 13.0. The number of anilines is 1. The van der Waals surface area contributed by atoms with Crippen molar-refractivity contribution >= 4 is 24.1 Å². The second-order valence-electron chi connectivity index (χ2n) is 8.00. The summed E-state index contributed by atoms with van der Waals surface area (Å²) in [6.45, 7) is 9.56. The van der Waals surface area contributed by atoms with Crippen LogP contribution in [0.4, 0.5) is 5.69 Å². The highest BCUT2D eigenvalue weighted by Crippen LogP contribution is 2.30. The summed E-state index contributed by atoms with van der Waals surface area (Å²) in [5, 5.41) is 0. The van der Waals surface area contributed by atoms with Crippen LogP contribution < -0.4 is 4.90 Å². The summed E-state index contributed by atoms with van der Waals surface area (Å²) < 4.78 is 0. The number of nitrogens with zero attached hydrogens (tertiary/aromatic N) is 4. The topological polar surface area (TPSA) is 48.3 Å². The first kappa shape index (κ1) is 19.4. The molecule has 2 aliphatic rings. The van der Waals surface area contributed by atoms with E-state index in [9.17, 15) is 4.79 Å². The van der Waals surface area contributed by atoms with Crippen molar-refractivity contribution in [3.63, 3.8) is 0 Å². The molecular formula is C24H28N4O. The molecule has 2 heterocycles. The number of aliphatic imine (C=N–C) groups is 2. The van der Waals surface area contributed by atoms with Crippen molar-refractivity contribution in [3.05, 3.63) is 64.7 Å². The van der Waals surface area contributed by atoms with Gasteiger partial charge in [-0.15, -0.1) is 0 Å². The lowest BCUT2D eigenvalue weighted by atomic mass is 9.89. The van der Waals surface area contributed by atoms with Crippen LogP contribution in [0, 0.1) is 13.8 Å². The van der Waals surface area contributed by atoms with Crippen LogP contribution in [-0.4, -0.2) is 49.5 Å². The quantitative estimate of drug-likeness (QED) is 0.795. The molecule has 2 aliphatic heterocycles. The Morgan fingerprint density at radius 2 is 1.66 bits per heavy atom. The predicted molar refractivity (Wildman–Crippen MR) is 119 cm³/mol. The van der Waals surface area contributed by atoms with E-state index in [1.54, 1.807) is 6.34 Å². The van der Waals surface area contributed by atoms with Crippen molar-refractivity contribution in [3.8, 4) is 0 Å². The van der Waals surface area contributed by atoms with Gasteiger partial charge < -0.3 is 9.80 Å². The van der Waals surface area contributed by atoms with E-state index >= 15 is 0 Å². The summed E-state index contributed by atoms with van der Waals surface area (Å²) in [5.74, 6) is 0.103. The molecule has 0 aliphatic carbocycles. The van der Waals surface area contributed by atoms with Crippen LogP contribution >= 0.6 is 0 Å². The van der Waals surface area contributed by atoms with Gasteiger partial charge in [0.05, 0.1) is 0 Å². The van der Waals surface area contributed by atoms with Crippen LogP contribution in [0.5, 0.6) is 0 Å². The number of carbonyl (C=O) groups is 1. The van der Waals surface area contributed by atoms with Gasteiger partial charge in [0.2, 0.25) is 0 Å². The molecule has 5 heteroatoms. The summed E-state index contributed by atoms with van der Waals surface area (Å²) in [6, 6.07) is 14.5. The molecule has 1 amide bonds. The molecule has 150 valence electrons. The van der Waals surface area contributed by atoms with E-state index in [1.165, 1.54) is 16.8 Å². The molecule has 1 unspecified atom stereocenters. The van der Waals surface area contributed by atoms with Gasteiger partial charge in [-0.2, -0.15) is 0 Å². The normalized spacial score (nSPS) is 21.1. The molecule has 29 heavy (non-hydrogen) atoms. The third-order valence-electron chi connectivity index (χ3n) is 5.95. The first-order valence-electron chi connectivity index (χ1n) is 10.3. The highest BCUT2D eigenvalue weighted by molar-refractivity contribution is 5.95. The van der Waals surface area contributed by atoms with Crippen LogP contribution in [0.25, 0.3) is 0 Å². The van der Waals surface area contributed by atoms with Gasteiger partial charge in [0.1, 0.15) is 11.9 Å². The van der Waals surface area contributed by atoms with Crippen LogP contribution in [0.1, 0.15) is 40.4 Å². The summed E-state index contributed by atoms with van der Waals surface area (Å²) >= 11 is 0. The number of hydrogen-bond donors (Lipinski definition) is 0. The fourth-order valence-corrected chi connectivity index (χ4v) is 4.25. The van der Waals surface area contributed by atoms with Crippen molar-refractivity contribution in [2.45, 2.75) is 32.7 Å². The smallest absolute Gasteiger partial charge is 0.253 e. The SMILES string of the molecule is CCC1(c2ccc(C(=O)N3CCN(c4cc(C)cc(C)c4)CC3)cc2)C=NC=N1. The van der Waals surface area contributed by atoms with Crippen LogP contribution in [-0.2, 0) is 5.54 Å². The first-order valence-corrected chi connectivity index (χ1v) is 10.3. The summed E-state index contributed by atoms with van der Waals surface area (Å²) in [5.41, 5.74) is 5.24. The lowest BCUT2D eigenvalue weighted by molar-refractivity contribution is 0.0746. The Kier molecular flexibility index (Phi) is 5.22. The van der Waals surface area contributed by atoms with E-state index in [1.807, 2.05) is 35.4 Å². The molecule has 0 bridgehead atoms. The molecule has 0 N–H and O–H groups in total. The van der Waals surface area contributed by atoms with Crippen molar-refractivity contribution in [1.82, 2.24) is 4.90 Å². The maximum Gasteiger partial charge on any atom is 0.253 e. The third-order valence-corrected chi connectivity index (χ3v) is 5.95. The molecule has 2 aromatic carbocycles. The Hall–Kier alpha value is -2.95. The molecule has 4 rings (SSSR count). The number of aryl methyl sites for hydroxylation is 2. The van der Waals surface area contributed by atoms with Crippen molar-refractivity contribution in [2.24, 2.45) is 9.98 Å². The number of piperazine rings is 1. The van der Waals surface area contributed by atoms with Gasteiger partial charge in [0.25, 0.3) is 5.91 Å². The Bertz CT molecular complexity index is 921. The molecule has 1 fully saturated rings. The highest BCUT2D eigenvalue weighted by Gasteiger charge is 2.30. The molecule has 0 aromatic heterocycles. The molecule has 1 saturated heterocycles. The molecule has 2 aromatic rings. The highest BCUT2D eigenvalue weighted by atomic mass is 16.2. The van der Waals surface area contributed by atoms with E-state index in [0.717, 1.165) is 43.7 Å². The van der Waals surface area contributed by atoms with E-state index in [2.05, 4.69) is 53.9 Å². The molecule has 0 radical (unpaired) electrons. The Balaban J connectivity index is 1.42. The van der Waals surface area contributed by atoms with Crippen LogP contribution in [0.2, 0.25) is 0 Å². The van der Waals surface area contributed by atoms with Gasteiger partial charge >= 0.3 is 0 Å². The molecule has 5 nitrogen and oxygen atoms in total. The minimum absolute atomic E-state index is 0.103. The predicted octanol–water partition coefficient (Wildman–Crippen LogP) is 3.98. The molecule has 0 spiro atoms. The summed E-state index contributed by atoms with van der Waals surface area (Å²) in [4.78, 5) is 26.0. The molecular weight excluding hydrogens is 360 g/mol. The molecule has 1 atom stereocenters. The fraction of sp³-hybridized carbons (Fsp3) is 0.375. The van der Waals surface area contributed by atoms with Crippen molar-refractivity contribution < 1.29 is 4.79 Å². The van der Waals surface area contributed by atoms with Crippen molar-refractivity contribution in [1.29, 1.82) is 0 Å². The Labute approximate surface area is 172 Å². The first-order chi connectivity index (χ1) is 14.0. The zero-order valence-electron chi connectivity index (χ0n) is 17.4. The van der Waals surface area contributed by atoms with E-state index < -0.39 is 0 Å². The van der Waals surface area contributed by atoms with E-state index in [-0.39, 0.29) is 11.4 Å². The zero-order chi connectivity index (χ0) is 20.4. The van der Waals surface area contributed by atoms with E-state index in [4.69, 9.17) is 0 Å². The second-order valence-corrected chi connectivity index (χ2v) is 8.00. The van der Waals surface area contributed by atoms with Gasteiger partial charge in [-0.1, -0.05) is 25.1 Å². The van der Waals surface area contributed by atoms with Gasteiger partial charge in [-0.05, 0) is 61.2 Å². The van der Waals surface area contributed by atoms with Crippen LogP contribution in [0.3, 0.4) is 0 Å². The lowest BCUT2D eigenvalue weighted by Crippen LogP contribution is -2.48. The van der Waals surface area contributed by atoms with Crippen LogP contribution in [0.15, 0.2) is 52.4 Å². The maximum atomic E-state index is 13.0. The third kappa shape index (κ3) is 3.82. The van der Waals surface area contributed by atoms with E-state index in [0.29, 0.717) is 0 Å². The largest absolute Gasteiger partial charge is 0.368 e. The van der Waals surface area contributed by atoms with Crippen molar-refractivity contribution in [2.75, 3.05) is 31.1 Å². The molecule has 0 saturated carbocycles. The summed E-state index contributed by atoms with van der Waals surface area (Å²) in [7, 11) is 0.